The average molecular weight is 447 g/mol. The molecular formula is C26H30N4O3. The van der Waals surface area contributed by atoms with Crippen LogP contribution >= 0.6 is 0 Å². The molecule has 0 saturated carbocycles. The SMILES string of the molecule is CC12CCC(=O)N1c1ccccc1C(=O)N2CCC(=O)Nc1ccccc1N1CCCCC1. The highest BCUT2D eigenvalue weighted by Gasteiger charge is 2.52. The Kier molecular flexibility index (Phi) is 5.56. The van der Waals surface area contributed by atoms with Gasteiger partial charge in [-0.25, -0.2) is 0 Å². The monoisotopic (exact) mass is 446 g/mol. The highest BCUT2D eigenvalue weighted by Crippen LogP contribution is 2.44. The number of piperidine rings is 1. The highest BCUT2D eigenvalue weighted by atomic mass is 16.2. The van der Waals surface area contributed by atoms with Crippen molar-refractivity contribution in [2.45, 2.75) is 51.1 Å². The van der Waals surface area contributed by atoms with Crippen molar-refractivity contribution in [2.75, 3.05) is 34.8 Å². The van der Waals surface area contributed by atoms with Crippen LogP contribution in [-0.4, -0.2) is 47.9 Å². The zero-order chi connectivity index (χ0) is 23.0. The molecule has 0 spiro atoms. The fourth-order valence-electron chi connectivity index (χ4n) is 5.46. The van der Waals surface area contributed by atoms with Crippen molar-refractivity contribution < 1.29 is 14.4 Å². The van der Waals surface area contributed by atoms with Gasteiger partial charge in [-0.1, -0.05) is 24.3 Å². The molecule has 0 aromatic heterocycles. The molecule has 3 amide bonds. The molecule has 3 aliphatic rings. The number of hydrogen-bond donors (Lipinski definition) is 1. The molecule has 7 heteroatoms. The highest BCUT2D eigenvalue weighted by molar-refractivity contribution is 6.10. The van der Waals surface area contributed by atoms with Gasteiger partial charge in [0.25, 0.3) is 5.91 Å². The third-order valence-corrected chi connectivity index (χ3v) is 7.18. The van der Waals surface area contributed by atoms with E-state index in [-0.39, 0.29) is 30.7 Å². The van der Waals surface area contributed by atoms with E-state index in [1.165, 1.54) is 6.42 Å². The molecule has 172 valence electrons. The summed E-state index contributed by atoms with van der Waals surface area (Å²) >= 11 is 0. The molecule has 2 aromatic rings. The Morgan fingerprint density at radius 3 is 2.45 bits per heavy atom. The molecule has 7 nitrogen and oxygen atoms in total. The first-order valence-electron chi connectivity index (χ1n) is 11.9. The van der Waals surface area contributed by atoms with Crippen molar-refractivity contribution >= 4 is 34.8 Å². The van der Waals surface area contributed by atoms with Crippen molar-refractivity contribution in [3.05, 3.63) is 54.1 Å². The predicted octanol–water partition coefficient (Wildman–Crippen LogP) is 4.00. The van der Waals surface area contributed by atoms with E-state index in [9.17, 15) is 14.4 Å². The van der Waals surface area contributed by atoms with Crippen molar-refractivity contribution in [3.63, 3.8) is 0 Å². The van der Waals surface area contributed by atoms with Crippen LogP contribution in [0, 0.1) is 0 Å². The maximum atomic E-state index is 13.4. The molecule has 1 N–H and O–H groups in total. The lowest BCUT2D eigenvalue weighted by atomic mass is 9.98. The maximum absolute atomic E-state index is 13.4. The number of hydrogen-bond acceptors (Lipinski definition) is 4. The number of fused-ring (bicyclic) bond motifs is 3. The minimum Gasteiger partial charge on any atom is -0.370 e. The van der Waals surface area contributed by atoms with E-state index >= 15 is 0 Å². The summed E-state index contributed by atoms with van der Waals surface area (Å²) < 4.78 is 0. The number of carbonyl (C=O) groups excluding carboxylic acids is 3. The fourth-order valence-corrected chi connectivity index (χ4v) is 5.46. The normalized spacial score (nSPS) is 22.3. The van der Waals surface area contributed by atoms with Gasteiger partial charge in [-0.15, -0.1) is 0 Å². The first-order chi connectivity index (χ1) is 16.0. The van der Waals surface area contributed by atoms with Crippen LogP contribution < -0.4 is 15.1 Å². The molecule has 2 fully saturated rings. The lowest BCUT2D eigenvalue weighted by Crippen LogP contribution is -2.62. The molecule has 3 heterocycles. The Morgan fingerprint density at radius 2 is 1.67 bits per heavy atom. The van der Waals surface area contributed by atoms with Gasteiger partial charge in [-0.2, -0.15) is 0 Å². The smallest absolute Gasteiger partial charge is 0.257 e. The zero-order valence-corrected chi connectivity index (χ0v) is 19.0. The topological polar surface area (TPSA) is 73.0 Å². The second kappa shape index (κ2) is 8.54. The Morgan fingerprint density at radius 1 is 0.970 bits per heavy atom. The number of benzene rings is 2. The fraction of sp³-hybridized carbons (Fsp3) is 0.423. The van der Waals surface area contributed by atoms with Crippen LogP contribution in [0.15, 0.2) is 48.5 Å². The molecule has 0 aliphatic carbocycles. The summed E-state index contributed by atoms with van der Waals surface area (Å²) in [6, 6.07) is 15.1. The minimum atomic E-state index is -0.742. The average Bonchev–Trinajstić information content (AvgIpc) is 3.15. The lowest BCUT2D eigenvalue weighted by Gasteiger charge is -2.48. The van der Waals surface area contributed by atoms with E-state index < -0.39 is 5.66 Å². The van der Waals surface area contributed by atoms with Crippen LogP contribution in [0.1, 0.15) is 55.8 Å². The van der Waals surface area contributed by atoms with Crippen LogP contribution in [0.4, 0.5) is 17.1 Å². The Labute approximate surface area is 194 Å². The second-order valence-electron chi connectivity index (χ2n) is 9.28. The molecule has 1 atom stereocenters. The Hall–Kier alpha value is -3.35. The Balaban J connectivity index is 1.32. The molecule has 0 bridgehead atoms. The molecule has 1 unspecified atom stereocenters. The summed E-state index contributed by atoms with van der Waals surface area (Å²) in [6.45, 7) is 4.17. The number of carbonyl (C=O) groups is 3. The van der Waals surface area contributed by atoms with Gasteiger partial charge in [0.05, 0.1) is 22.6 Å². The lowest BCUT2D eigenvalue weighted by molar-refractivity contribution is -0.117. The van der Waals surface area contributed by atoms with Gasteiger partial charge in [0.1, 0.15) is 5.66 Å². The second-order valence-corrected chi connectivity index (χ2v) is 9.28. The van der Waals surface area contributed by atoms with Crippen LogP contribution in [0.3, 0.4) is 0 Å². The van der Waals surface area contributed by atoms with Crippen molar-refractivity contribution in [1.82, 2.24) is 4.90 Å². The largest absolute Gasteiger partial charge is 0.370 e. The van der Waals surface area contributed by atoms with E-state index in [4.69, 9.17) is 0 Å². The summed E-state index contributed by atoms with van der Waals surface area (Å²) in [6.07, 6.45) is 4.69. The van der Waals surface area contributed by atoms with Crippen LogP contribution in [-0.2, 0) is 9.59 Å². The standard InChI is InChI=1S/C26H30N4O3/c1-26-15-13-24(32)30(26)21-11-5-3-9-19(21)25(33)29(26)18-14-23(31)27-20-10-4-6-12-22(20)28-16-7-2-8-17-28/h3-6,9-12H,2,7-8,13-18H2,1H3,(H,27,31). The first kappa shape index (κ1) is 21.5. The van der Waals surface area contributed by atoms with E-state index in [1.54, 1.807) is 15.9 Å². The van der Waals surface area contributed by atoms with Crippen molar-refractivity contribution in [3.8, 4) is 0 Å². The van der Waals surface area contributed by atoms with E-state index in [2.05, 4.69) is 16.3 Å². The Bertz CT molecular complexity index is 1090. The summed E-state index contributed by atoms with van der Waals surface area (Å²) in [7, 11) is 0. The van der Waals surface area contributed by atoms with Crippen LogP contribution in [0.25, 0.3) is 0 Å². The van der Waals surface area contributed by atoms with Gasteiger partial charge >= 0.3 is 0 Å². The van der Waals surface area contributed by atoms with Gasteiger partial charge < -0.3 is 15.1 Å². The van der Waals surface area contributed by atoms with Gasteiger partial charge in [-0.3, -0.25) is 19.3 Å². The van der Waals surface area contributed by atoms with Crippen LogP contribution in [0.5, 0.6) is 0 Å². The summed E-state index contributed by atoms with van der Waals surface area (Å²) in [5.74, 6) is -0.242. The van der Waals surface area contributed by atoms with E-state index in [0.717, 1.165) is 37.3 Å². The van der Waals surface area contributed by atoms with Crippen molar-refractivity contribution in [2.24, 2.45) is 0 Å². The molecule has 33 heavy (non-hydrogen) atoms. The van der Waals surface area contributed by atoms with E-state index in [0.29, 0.717) is 24.1 Å². The number of anilines is 3. The summed E-state index contributed by atoms with van der Waals surface area (Å²) in [5, 5.41) is 3.06. The number of rotatable bonds is 5. The number of nitrogens with zero attached hydrogens (tertiary/aromatic N) is 3. The minimum absolute atomic E-state index is 0.0161. The van der Waals surface area contributed by atoms with Gasteiger partial charge in [0.2, 0.25) is 11.8 Å². The predicted molar refractivity (Wildman–Crippen MR) is 128 cm³/mol. The number of nitrogens with one attached hydrogen (secondary N) is 1. The van der Waals surface area contributed by atoms with Gasteiger partial charge in [-0.05, 0) is 56.9 Å². The molecule has 2 aromatic carbocycles. The summed E-state index contributed by atoms with van der Waals surface area (Å²) in [5.41, 5.74) is 2.30. The van der Waals surface area contributed by atoms with Gasteiger partial charge in [0.15, 0.2) is 0 Å². The molecule has 0 radical (unpaired) electrons. The van der Waals surface area contributed by atoms with Crippen LogP contribution in [0.2, 0.25) is 0 Å². The number of para-hydroxylation sites is 3. The zero-order valence-electron chi connectivity index (χ0n) is 19.0. The first-order valence-corrected chi connectivity index (χ1v) is 11.9. The number of amides is 3. The molecule has 3 aliphatic heterocycles. The van der Waals surface area contributed by atoms with Crippen molar-refractivity contribution in [1.29, 1.82) is 0 Å². The summed E-state index contributed by atoms with van der Waals surface area (Å²) in [4.78, 5) is 44.8. The maximum Gasteiger partial charge on any atom is 0.257 e. The van der Waals surface area contributed by atoms with Gasteiger partial charge in [0, 0.05) is 32.5 Å². The third-order valence-electron chi connectivity index (χ3n) is 7.18. The quantitative estimate of drug-likeness (QED) is 0.753. The molecule has 2 saturated heterocycles. The molecular weight excluding hydrogens is 416 g/mol. The third kappa shape index (κ3) is 3.75. The molecule has 5 rings (SSSR count). The van der Waals surface area contributed by atoms with E-state index in [1.807, 2.05) is 43.3 Å².